The molecular weight excluding hydrogens is 325 g/mol. The SMILES string of the molecule is Cc1cc(C(=O)O)cc(C)c1NC(=O)c1ccc(Cl)cc1Cl. The number of aryl methyl sites for hydroxylation is 2. The van der Waals surface area contributed by atoms with Crippen LogP contribution in [0.4, 0.5) is 5.69 Å². The zero-order valence-corrected chi connectivity index (χ0v) is 13.4. The fourth-order valence-corrected chi connectivity index (χ4v) is 2.63. The summed E-state index contributed by atoms with van der Waals surface area (Å²) in [4.78, 5) is 23.3. The van der Waals surface area contributed by atoms with E-state index in [1.165, 1.54) is 24.3 Å². The lowest BCUT2D eigenvalue weighted by Gasteiger charge is -2.13. The topological polar surface area (TPSA) is 66.4 Å². The summed E-state index contributed by atoms with van der Waals surface area (Å²) < 4.78 is 0. The van der Waals surface area contributed by atoms with E-state index in [0.29, 0.717) is 27.4 Å². The van der Waals surface area contributed by atoms with E-state index in [1.807, 2.05) is 0 Å². The van der Waals surface area contributed by atoms with Gasteiger partial charge in [-0.15, -0.1) is 0 Å². The van der Waals surface area contributed by atoms with Crippen LogP contribution in [-0.4, -0.2) is 17.0 Å². The van der Waals surface area contributed by atoms with Crippen LogP contribution in [0, 0.1) is 13.8 Å². The normalized spacial score (nSPS) is 10.4. The predicted octanol–water partition coefficient (Wildman–Crippen LogP) is 4.56. The number of halogens is 2. The van der Waals surface area contributed by atoms with E-state index in [2.05, 4.69) is 5.32 Å². The maximum atomic E-state index is 12.3. The Hall–Kier alpha value is -2.04. The molecule has 0 aliphatic rings. The molecule has 0 aliphatic carbocycles. The third kappa shape index (κ3) is 3.40. The van der Waals surface area contributed by atoms with E-state index < -0.39 is 5.97 Å². The highest BCUT2D eigenvalue weighted by molar-refractivity contribution is 6.37. The lowest BCUT2D eigenvalue weighted by atomic mass is 10.0. The minimum Gasteiger partial charge on any atom is -0.478 e. The minimum absolute atomic E-state index is 0.178. The zero-order chi connectivity index (χ0) is 16.4. The molecule has 22 heavy (non-hydrogen) atoms. The fraction of sp³-hybridized carbons (Fsp3) is 0.125. The number of carbonyl (C=O) groups is 2. The standard InChI is InChI=1S/C16H13Cl2NO3/c1-8-5-10(16(21)22)6-9(2)14(8)19-15(20)12-4-3-11(17)7-13(12)18/h3-7H,1-2H3,(H,19,20)(H,21,22). The molecule has 0 bridgehead atoms. The first-order chi connectivity index (χ1) is 10.3. The quantitative estimate of drug-likeness (QED) is 0.862. The van der Waals surface area contributed by atoms with Gasteiger partial charge in [0.2, 0.25) is 0 Å². The molecular formula is C16H13Cl2NO3. The van der Waals surface area contributed by atoms with Gasteiger partial charge in [-0.2, -0.15) is 0 Å². The Labute approximate surface area is 137 Å². The molecule has 0 fully saturated rings. The lowest BCUT2D eigenvalue weighted by Crippen LogP contribution is -2.15. The van der Waals surface area contributed by atoms with Gasteiger partial charge >= 0.3 is 5.97 Å². The molecule has 1 amide bonds. The van der Waals surface area contributed by atoms with Gasteiger partial charge in [0.25, 0.3) is 5.91 Å². The molecule has 0 saturated heterocycles. The highest BCUT2D eigenvalue weighted by Gasteiger charge is 2.15. The van der Waals surface area contributed by atoms with Gasteiger partial charge in [-0.3, -0.25) is 4.79 Å². The Balaban J connectivity index is 2.34. The average molecular weight is 338 g/mol. The van der Waals surface area contributed by atoms with Gasteiger partial charge in [-0.25, -0.2) is 4.79 Å². The number of carboxylic acid groups (broad SMARTS) is 1. The van der Waals surface area contributed by atoms with Crippen LogP contribution in [0.25, 0.3) is 0 Å². The average Bonchev–Trinajstić information content (AvgIpc) is 2.42. The molecule has 2 rings (SSSR count). The van der Waals surface area contributed by atoms with Gasteiger partial charge < -0.3 is 10.4 Å². The summed E-state index contributed by atoms with van der Waals surface area (Å²) in [6.07, 6.45) is 0. The molecule has 0 atom stereocenters. The third-order valence-electron chi connectivity index (χ3n) is 3.19. The predicted molar refractivity (Wildman–Crippen MR) is 87.3 cm³/mol. The molecule has 0 aromatic heterocycles. The Bertz CT molecular complexity index is 749. The molecule has 4 nitrogen and oxygen atoms in total. The van der Waals surface area contributed by atoms with Crippen LogP contribution in [0.15, 0.2) is 30.3 Å². The Morgan fingerprint density at radius 1 is 1.05 bits per heavy atom. The Morgan fingerprint density at radius 2 is 1.64 bits per heavy atom. The molecule has 0 saturated carbocycles. The summed E-state index contributed by atoms with van der Waals surface area (Å²) in [6.45, 7) is 3.47. The maximum Gasteiger partial charge on any atom is 0.335 e. The van der Waals surface area contributed by atoms with E-state index in [0.717, 1.165) is 0 Å². The Kier molecular flexibility index (Phi) is 4.74. The zero-order valence-electron chi connectivity index (χ0n) is 11.9. The summed E-state index contributed by atoms with van der Waals surface area (Å²) in [5.74, 6) is -1.39. The van der Waals surface area contributed by atoms with Crippen molar-refractivity contribution >= 4 is 40.8 Å². The summed E-state index contributed by atoms with van der Waals surface area (Å²) in [5, 5.41) is 12.5. The monoisotopic (exact) mass is 337 g/mol. The van der Waals surface area contributed by atoms with Crippen molar-refractivity contribution in [3.05, 3.63) is 62.6 Å². The second-order valence-corrected chi connectivity index (χ2v) is 5.71. The van der Waals surface area contributed by atoms with Gasteiger partial charge in [-0.05, 0) is 55.3 Å². The van der Waals surface area contributed by atoms with Crippen molar-refractivity contribution in [1.29, 1.82) is 0 Å². The smallest absolute Gasteiger partial charge is 0.335 e. The van der Waals surface area contributed by atoms with Crippen molar-refractivity contribution in [3.63, 3.8) is 0 Å². The fourth-order valence-electron chi connectivity index (χ4n) is 2.14. The number of anilines is 1. The van der Waals surface area contributed by atoms with E-state index >= 15 is 0 Å². The molecule has 2 aromatic rings. The summed E-state index contributed by atoms with van der Waals surface area (Å²) >= 11 is 11.8. The molecule has 0 spiro atoms. The van der Waals surface area contributed by atoms with Crippen molar-refractivity contribution in [1.82, 2.24) is 0 Å². The number of carbonyl (C=O) groups excluding carboxylic acids is 1. The van der Waals surface area contributed by atoms with Gasteiger partial charge in [-0.1, -0.05) is 23.2 Å². The first kappa shape index (κ1) is 16.3. The van der Waals surface area contributed by atoms with E-state index in [4.69, 9.17) is 28.3 Å². The molecule has 6 heteroatoms. The van der Waals surface area contributed by atoms with Crippen LogP contribution < -0.4 is 5.32 Å². The molecule has 2 N–H and O–H groups in total. The van der Waals surface area contributed by atoms with Crippen LogP contribution in [0.1, 0.15) is 31.8 Å². The van der Waals surface area contributed by atoms with Crippen molar-refractivity contribution in [3.8, 4) is 0 Å². The summed E-state index contributed by atoms with van der Waals surface area (Å²) in [7, 11) is 0. The van der Waals surface area contributed by atoms with Gasteiger partial charge in [0.15, 0.2) is 0 Å². The molecule has 2 aromatic carbocycles. The van der Waals surface area contributed by atoms with Crippen molar-refractivity contribution in [2.45, 2.75) is 13.8 Å². The van der Waals surface area contributed by atoms with Crippen LogP contribution >= 0.6 is 23.2 Å². The second kappa shape index (κ2) is 6.38. The third-order valence-corrected chi connectivity index (χ3v) is 3.74. The first-order valence-corrected chi connectivity index (χ1v) is 7.16. The number of hydrogen-bond donors (Lipinski definition) is 2. The second-order valence-electron chi connectivity index (χ2n) is 4.87. The highest BCUT2D eigenvalue weighted by Crippen LogP contribution is 2.25. The van der Waals surface area contributed by atoms with Gasteiger partial charge in [0.1, 0.15) is 0 Å². The van der Waals surface area contributed by atoms with E-state index in [-0.39, 0.29) is 16.5 Å². The number of amides is 1. The number of aromatic carboxylic acids is 1. The Morgan fingerprint density at radius 3 is 2.14 bits per heavy atom. The van der Waals surface area contributed by atoms with Crippen LogP contribution in [0.5, 0.6) is 0 Å². The van der Waals surface area contributed by atoms with E-state index in [1.54, 1.807) is 19.9 Å². The number of rotatable bonds is 3. The molecule has 0 aliphatic heterocycles. The number of carboxylic acids is 1. The number of benzene rings is 2. The lowest BCUT2D eigenvalue weighted by molar-refractivity contribution is 0.0696. The van der Waals surface area contributed by atoms with Crippen LogP contribution in [0.3, 0.4) is 0 Å². The summed E-state index contributed by atoms with van der Waals surface area (Å²) in [5.41, 5.74) is 2.37. The van der Waals surface area contributed by atoms with Crippen molar-refractivity contribution in [2.24, 2.45) is 0 Å². The number of hydrogen-bond acceptors (Lipinski definition) is 2. The molecule has 0 unspecified atom stereocenters. The largest absolute Gasteiger partial charge is 0.478 e. The summed E-state index contributed by atoms with van der Waals surface area (Å²) in [6, 6.07) is 7.62. The molecule has 114 valence electrons. The first-order valence-electron chi connectivity index (χ1n) is 6.40. The van der Waals surface area contributed by atoms with Gasteiger partial charge in [0, 0.05) is 10.7 Å². The number of nitrogens with one attached hydrogen (secondary N) is 1. The van der Waals surface area contributed by atoms with Crippen molar-refractivity contribution in [2.75, 3.05) is 5.32 Å². The minimum atomic E-state index is -1.01. The molecule has 0 radical (unpaired) electrons. The van der Waals surface area contributed by atoms with Gasteiger partial charge in [0.05, 0.1) is 16.1 Å². The maximum absolute atomic E-state index is 12.3. The molecule has 0 heterocycles. The van der Waals surface area contributed by atoms with E-state index in [9.17, 15) is 9.59 Å². The van der Waals surface area contributed by atoms with Crippen LogP contribution in [0.2, 0.25) is 10.0 Å². The van der Waals surface area contributed by atoms with Crippen molar-refractivity contribution < 1.29 is 14.7 Å². The van der Waals surface area contributed by atoms with Crippen LogP contribution in [-0.2, 0) is 0 Å². The highest BCUT2D eigenvalue weighted by atomic mass is 35.5.